The van der Waals surface area contributed by atoms with E-state index in [1.54, 1.807) is 0 Å². The van der Waals surface area contributed by atoms with E-state index in [1.165, 1.54) is 5.69 Å². The van der Waals surface area contributed by atoms with Crippen LogP contribution in [0, 0.1) is 5.92 Å². The molecule has 0 fully saturated rings. The lowest BCUT2D eigenvalue weighted by Crippen LogP contribution is -2.44. The lowest BCUT2D eigenvalue weighted by Gasteiger charge is -2.20. The van der Waals surface area contributed by atoms with Crippen LogP contribution in [0.1, 0.15) is 27.2 Å². The summed E-state index contributed by atoms with van der Waals surface area (Å²) in [5, 5.41) is 10.1. The summed E-state index contributed by atoms with van der Waals surface area (Å²) in [6.45, 7) is 8.44. The second kappa shape index (κ2) is 9.23. The average Bonchev–Trinajstić information content (AvgIpc) is 2.46. The Morgan fingerprint density at radius 3 is 2.40 bits per heavy atom. The van der Waals surface area contributed by atoms with Crippen LogP contribution >= 0.6 is 0 Å². The molecule has 0 bridgehead atoms. The Hall–Kier alpha value is -1.71. The van der Waals surface area contributed by atoms with Gasteiger partial charge in [0.15, 0.2) is 5.96 Å². The van der Waals surface area contributed by atoms with E-state index in [1.807, 2.05) is 25.2 Å². The standard InChI is InChI=1S/C16H28N4/c1-13(2)14(3)20-16(17-4)19-12-8-11-18-15-9-6-5-7-10-15/h5-7,9-10,13-14,18H,8,11-12H2,1-4H3,(H2,17,19,20). The lowest BCUT2D eigenvalue weighted by atomic mass is 10.1. The number of benzene rings is 1. The number of para-hydroxylation sites is 1. The molecule has 0 heterocycles. The minimum absolute atomic E-state index is 0.420. The van der Waals surface area contributed by atoms with Crippen LogP contribution in [0.4, 0.5) is 5.69 Å². The molecule has 0 aliphatic heterocycles. The Labute approximate surface area is 123 Å². The van der Waals surface area contributed by atoms with Crippen molar-refractivity contribution in [1.82, 2.24) is 10.6 Å². The van der Waals surface area contributed by atoms with Gasteiger partial charge >= 0.3 is 0 Å². The normalized spacial score (nSPS) is 13.2. The molecule has 20 heavy (non-hydrogen) atoms. The quantitative estimate of drug-likeness (QED) is 0.408. The van der Waals surface area contributed by atoms with Crippen LogP contribution in [-0.2, 0) is 0 Å². The van der Waals surface area contributed by atoms with Gasteiger partial charge in [-0.25, -0.2) is 0 Å². The smallest absolute Gasteiger partial charge is 0.191 e. The zero-order valence-electron chi connectivity index (χ0n) is 13.1. The molecule has 0 amide bonds. The minimum Gasteiger partial charge on any atom is -0.385 e. The maximum Gasteiger partial charge on any atom is 0.191 e. The van der Waals surface area contributed by atoms with Crippen molar-refractivity contribution in [3.8, 4) is 0 Å². The van der Waals surface area contributed by atoms with Gasteiger partial charge in [0.2, 0.25) is 0 Å². The Balaban J connectivity index is 2.16. The van der Waals surface area contributed by atoms with Crippen molar-refractivity contribution in [2.45, 2.75) is 33.2 Å². The first-order chi connectivity index (χ1) is 9.63. The largest absolute Gasteiger partial charge is 0.385 e. The van der Waals surface area contributed by atoms with Crippen LogP contribution < -0.4 is 16.0 Å². The topological polar surface area (TPSA) is 48.5 Å². The van der Waals surface area contributed by atoms with E-state index in [-0.39, 0.29) is 0 Å². The highest BCUT2D eigenvalue weighted by Crippen LogP contribution is 2.04. The molecule has 112 valence electrons. The first-order valence-electron chi connectivity index (χ1n) is 7.39. The van der Waals surface area contributed by atoms with Crippen LogP contribution in [0.25, 0.3) is 0 Å². The average molecular weight is 276 g/mol. The summed E-state index contributed by atoms with van der Waals surface area (Å²) in [6, 6.07) is 10.7. The van der Waals surface area contributed by atoms with E-state index < -0.39 is 0 Å². The molecule has 4 nitrogen and oxygen atoms in total. The van der Waals surface area contributed by atoms with Crippen LogP contribution in [-0.4, -0.2) is 32.1 Å². The first kappa shape index (κ1) is 16.3. The molecule has 1 unspecified atom stereocenters. The fourth-order valence-electron chi connectivity index (χ4n) is 1.66. The Morgan fingerprint density at radius 1 is 1.10 bits per heavy atom. The van der Waals surface area contributed by atoms with Crippen molar-refractivity contribution < 1.29 is 0 Å². The second-order valence-corrected chi connectivity index (χ2v) is 5.32. The van der Waals surface area contributed by atoms with Crippen molar-refractivity contribution in [1.29, 1.82) is 0 Å². The predicted molar refractivity (Wildman–Crippen MR) is 88.3 cm³/mol. The zero-order valence-corrected chi connectivity index (χ0v) is 13.1. The van der Waals surface area contributed by atoms with Crippen molar-refractivity contribution in [2.24, 2.45) is 10.9 Å². The van der Waals surface area contributed by atoms with Crippen LogP contribution in [0.15, 0.2) is 35.3 Å². The molecule has 0 radical (unpaired) electrons. The Kier molecular flexibility index (Phi) is 7.55. The SMILES string of the molecule is CN=C(NCCCNc1ccccc1)NC(C)C(C)C. The van der Waals surface area contributed by atoms with E-state index >= 15 is 0 Å². The fraction of sp³-hybridized carbons (Fsp3) is 0.562. The number of rotatable bonds is 7. The van der Waals surface area contributed by atoms with Crippen LogP contribution in [0.2, 0.25) is 0 Å². The van der Waals surface area contributed by atoms with Gasteiger partial charge in [0.25, 0.3) is 0 Å². The maximum atomic E-state index is 4.24. The summed E-state index contributed by atoms with van der Waals surface area (Å²) in [6.07, 6.45) is 1.05. The number of aliphatic imine (C=N–C) groups is 1. The highest BCUT2D eigenvalue weighted by atomic mass is 15.2. The molecule has 1 aromatic rings. The van der Waals surface area contributed by atoms with Crippen molar-refractivity contribution in [3.63, 3.8) is 0 Å². The molecule has 4 heteroatoms. The summed E-state index contributed by atoms with van der Waals surface area (Å²) < 4.78 is 0. The van der Waals surface area contributed by atoms with Crippen molar-refractivity contribution in [3.05, 3.63) is 30.3 Å². The van der Waals surface area contributed by atoms with E-state index in [0.29, 0.717) is 12.0 Å². The van der Waals surface area contributed by atoms with Gasteiger partial charge in [0.1, 0.15) is 0 Å². The van der Waals surface area contributed by atoms with Gasteiger partial charge in [-0.3, -0.25) is 4.99 Å². The second-order valence-electron chi connectivity index (χ2n) is 5.32. The van der Waals surface area contributed by atoms with Gasteiger partial charge in [-0.1, -0.05) is 32.0 Å². The first-order valence-corrected chi connectivity index (χ1v) is 7.39. The molecule has 0 saturated carbocycles. The van der Waals surface area contributed by atoms with E-state index in [2.05, 4.69) is 53.8 Å². The van der Waals surface area contributed by atoms with Gasteiger partial charge in [-0.15, -0.1) is 0 Å². The molecule has 0 saturated heterocycles. The van der Waals surface area contributed by atoms with Gasteiger partial charge in [-0.2, -0.15) is 0 Å². The van der Waals surface area contributed by atoms with E-state index in [0.717, 1.165) is 25.5 Å². The maximum absolute atomic E-state index is 4.24. The molecule has 1 aromatic carbocycles. The summed E-state index contributed by atoms with van der Waals surface area (Å²) >= 11 is 0. The van der Waals surface area contributed by atoms with Crippen LogP contribution in [0.5, 0.6) is 0 Å². The molecule has 1 atom stereocenters. The molecule has 0 aromatic heterocycles. The summed E-state index contributed by atoms with van der Waals surface area (Å²) in [7, 11) is 1.81. The van der Waals surface area contributed by atoms with Crippen molar-refractivity contribution >= 4 is 11.6 Å². The highest BCUT2D eigenvalue weighted by molar-refractivity contribution is 5.79. The predicted octanol–water partition coefficient (Wildman–Crippen LogP) is 2.70. The molecule has 3 N–H and O–H groups in total. The number of guanidine groups is 1. The summed E-state index contributed by atoms with van der Waals surface area (Å²) in [4.78, 5) is 4.24. The molecule has 0 spiro atoms. The third-order valence-corrected chi connectivity index (χ3v) is 3.34. The van der Waals surface area contributed by atoms with Gasteiger partial charge in [0.05, 0.1) is 0 Å². The van der Waals surface area contributed by atoms with E-state index in [4.69, 9.17) is 0 Å². The monoisotopic (exact) mass is 276 g/mol. The molecular weight excluding hydrogens is 248 g/mol. The number of anilines is 1. The van der Waals surface area contributed by atoms with Gasteiger partial charge in [0, 0.05) is 31.9 Å². The van der Waals surface area contributed by atoms with Gasteiger partial charge in [-0.05, 0) is 31.4 Å². The van der Waals surface area contributed by atoms with E-state index in [9.17, 15) is 0 Å². The summed E-state index contributed by atoms with van der Waals surface area (Å²) in [5.41, 5.74) is 1.17. The third kappa shape index (κ3) is 6.45. The number of hydrogen-bond acceptors (Lipinski definition) is 2. The summed E-state index contributed by atoms with van der Waals surface area (Å²) in [5.74, 6) is 1.47. The molecule has 0 aliphatic carbocycles. The Morgan fingerprint density at radius 2 is 1.80 bits per heavy atom. The minimum atomic E-state index is 0.420. The van der Waals surface area contributed by atoms with Crippen LogP contribution in [0.3, 0.4) is 0 Å². The molecule has 1 rings (SSSR count). The number of nitrogens with zero attached hydrogens (tertiary/aromatic N) is 1. The Bertz CT molecular complexity index is 387. The zero-order chi connectivity index (χ0) is 14.8. The molecule has 0 aliphatic rings. The molecular formula is C16H28N4. The highest BCUT2D eigenvalue weighted by Gasteiger charge is 2.08. The number of hydrogen-bond donors (Lipinski definition) is 3. The fourth-order valence-corrected chi connectivity index (χ4v) is 1.66. The van der Waals surface area contributed by atoms with Gasteiger partial charge < -0.3 is 16.0 Å². The van der Waals surface area contributed by atoms with Crippen molar-refractivity contribution in [2.75, 3.05) is 25.5 Å². The third-order valence-electron chi connectivity index (χ3n) is 3.34. The lowest BCUT2D eigenvalue weighted by molar-refractivity contribution is 0.481. The number of nitrogens with one attached hydrogen (secondary N) is 3.